The fourth-order valence-corrected chi connectivity index (χ4v) is 8.52. The minimum absolute atomic E-state index is 0.826. The van der Waals surface area contributed by atoms with Crippen molar-refractivity contribution >= 4 is 82.7 Å². The molecule has 0 N–H and O–H groups in total. The first-order valence-corrected chi connectivity index (χ1v) is 17.8. The molecule has 0 atom stereocenters. The zero-order chi connectivity index (χ0) is 34.6. The number of fused-ring (bicyclic) bond motifs is 11. The molecule has 5 nitrogen and oxygen atoms in total. The maximum Gasteiger partial charge on any atom is 0.159 e. The summed E-state index contributed by atoms with van der Waals surface area (Å²) < 4.78 is 22.0. The molecule has 1 aliphatic rings. The molecule has 4 heterocycles. The third-order valence-corrected chi connectivity index (χ3v) is 10.8. The third kappa shape index (κ3) is 3.96. The highest BCUT2D eigenvalue weighted by molar-refractivity contribution is 6.18. The minimum Gasteiger partial charge on any atom is -0.454 e. The van der Waals surface area contributed by atoms with Crippen molar-refractivity contribution in [2.75, 3.05) is 4.90 Å². The first kappa shape index (κ1) is 28.5. The van der Waals surface area contributed by atoms with Crippen LogP contribution in [0.25, 0.3) is 82.5 Å². The highest BCUT2D eigenvalue weighted by atomic mass is 16.5. The minimum atomic E-state index is 0.826. The van der Waals surface area contributed by atoms with Gasteiger partial charge in [0.15, 0.2) is 22.7 Å². The van der Waals surface area contributed by atoms with E-state index in [4.69, 9.17) is 13.6 Å². The summed E-state index contributed by atoms with van der Waals surface area (Å²) in [6, 6.07) is 59.3. The van der Waals surface area contributed by atoms with Crippen LogP contribution in [-0.4, -0.2) is 4.57 Å². The van der Waals surface area contributed by atoms with Crippen LogP contribution < -0.4 is 9.64 Å². The van der Waals surface area contributed by atoms with Gasteiger partial charge in [-0.3, -0.25) is 0 Å². The van der Waals surface area contributed by atoms with E-state index in [9.17, 15) is 0 Å². The second kappa shape index (κ2) is 10.6. The van der Waals surface area contributed by atoms with Gasteiger partial charge >= 0.3 is 0 Å². The number of anilines is 3. The van der Waals surface area contributed by atoms with E-state index in [1.165, 1.54) is 16.3 Å². The quantitative estimate of drug-likeness (QED) is 0.186. The van der Waals surface area contributed by atoms with Crippen molar-refractivity contribution in [3.05, 3.63) is 170 Å². The molecule has 5 heteroatoms. The van der Waals surface area contributed by atoms with Gasteiger partial charge in [-0.15, -0.1) is 0 Å². The highest BCUT2D eigenvalue weighted by Crippen LogP contribution is 2.49. The van der Waals surface area contributed by atoms with Crippen LogP contribution >= 0.6 is 0 Å². The topological polar surface area (TPSA) is 43.7 Å². The van der Waals surface area contributed by atoms with Gasteiger partial charge in [-0.1, -0.05) is 109 Å². The Kier molecular flexibility index (Phi) is 5.71. The number of benzene rings is 8. The summed E-state index contributed by atoms with van der Waals surface area (Å²) in [6.45, 7) is 0. The largest absolute Gasteiger partial charge is 0.454 e. The van der Waals surface area contributed by atoms with Crippen molar-refractivity contribution in [1.82, 2.24) is 4.57 Å². The SMILES string of the molecule is c1ccc2c(c1)Oc1cccc3c4c(-c5ccc(N(c6cccc7c6oc6ccccc67)c6cccc7c6oc6ccccc67)cc5)cccc4n-2c13. The third-order valence-electron chi connectivity index (χ3n) is 10.8. The van der Waals surface area contributed by atoms with Crippen molar-refractivity contribution in [3.63, 3.8) is 0 Å². The van der Waals surface area contributed by atoms with Gasteiger partial charge in [-0.25, -0.2) is 0 Å². The molecule has 12 rings (SSSR count). The summed E-state index contributed by atoms with van der Waals surface area (Å²) in [5.41, 5.74) is 11.8. The van der Waals surface area contributed by atoms with Crippen LogP contribution in [-0.2, 0) is 0 Å². The summed E-state index contributed by atoms with van der Waals surface area (Å²) in [4.78, 5) is 2.27. The molecule has 0 saturated carbocycles. The van der Waals surface area contributed by atoms with Gasteiger partial charge < -0.3 is 23.0 Å². The zero-order valence-corrected chi connectivity index (χ0v) is 28.3. The van der Waals surface area contributed by atoms with Crippen molar-refractivity contribution in [3.8, 4) is 28.3 Å². The van der Waals surface area contributed by atoms with Gasteiger partial charge in [-0.2, -0.15) is 0 Å². The Morgan fingerprint density at radius 1 is 0.434 bits per heavy atom. The Hall–Kier alpha value is -7.24. The Balaban J connectivity index is 1.08. The Morgan fingerprint density at radius 2 is 1.00 bits per heavy atom. The molecular formula is C48H28N2O3. The normalized spacial score (nSPS) is 12.3. The lowest BCUT2D eigenvalue weighted by Crippen LogP contribution is -2.10. The molecule has 11 aromatic rings. The van der Waals surface area contributed by atoms with Gasteiger partial charge in [0.1, 0.15) is 11.2 Å². The number of nitrogens with zero attached hydrogens (tertiary/aromatic N) is 2. The molecule has 0 radical (unpaired) electrons. The van der Waals surface area contributed by atoms with Crippen LogP contribution in [0.1, 0.15) is 0 Å². The van der Waals surface area contributed by atoms with Crippen LogP contribution in [0.2, 0.25) is 0 Å². The molecule has 0 amide bonds. The fraction of sp³-hybridized carbons (Fsp3) is 0. The first-order chi connectivity index (χ1) is 26.3. The van der Waals surface area contributed by atoms with E-state index < -0.39 is 0 Å². The molecule has 3 aromatic heterocycles. The summed E-state index contributed by atoms with van der Waals surface area (Å²) in [5.74, 6) is 1.73. The summed E-state index contributed by atoms with van der Waals surface area (Å²) in [5, 5.41) is 6.70. The number of ether oxygens (including phenoxy) is 1. The molecule has 0 bridgehead atoms. The number of aromatic nitrogens is 1. The molecule has 8 aromatic carbocycles. The van der Waals surface area contributed by atoms with Crippen molar-refractivity contribution in [2.45, 2.75) is 0 Å². The standard InChI is InChI=1S/C48H28N2O3/c1-4-21-41-32(11-1)34-14-8-19-39(47(34)52-41)49(40-20-9-15-35-33-12-2-5-22-42(33)53-48(35)40)30-27-25-29(26-28-30)31-13-7-18-38-45(31)36-16-10-24-44-46(36)50(38)37-17-3-6-23-43(37)51-44/h1-28H. The van der Waals surface area contributed by atoms with E-state index in [2.05, 4.69) is 143 Å². The molecule has 0 fully saturated rings. The summed E-state index contributed by atoms with van der Waals surface area (Å²) in [6.07, 6.45) is 0. The second-order valence-corrected chi connectivity index (χ2v) is 13.6. The number of rotatable bonds is 4. The van der Waals surface area contributed by atoms with Crippen molar-refractivity contribution in [2.24, 2.45) is 0 Å². The lowest BCUT2D eigenvalue weighted by atomic mass is 9.99. The average Bonchev–Trinajstić information content (AvgIpc) is 3.90. The van der Waals surface area contributed by atoms with E-state index in [1.54, 1.807) is 0 Å². The molecule has 53 heavy (non-hydrogen) atoms. The number of hydrogen-bond donors (Lipinski definition) is 0. The van der Waals surface area contributed by atoms with Gasteiger partial charge in [0.2, 0.25) is 0 Å². The molecular weight excluding hydrogens is 653 g/mol. The zero-order valence-electron chi connectivity index (χ0n) is 28.3. The molecule has 1 aliphatic heterocycles. The van der Waals surface area contributed by atoms with Crippen LogP contribution in [0, 0.1) is 0 Å². The average molecular weight is 681 g/mol. The van der Waals surface area contributed by atoms with E-state index in [1.807, 2.05) is 36.4 Å². The predicted octanol–water partition coefficient (Wildman–Crippen LogP) is 13.8. The Morgan fingerprint density at radius 3 is 1.72 bits per heavy atom. The first-order valence-electron chi connectivity index (χ1n) is 17.8. The Labute approximate surface area is 303 Å². The molecule has 0 spiro atoms. The molecule has 0 unspecified atom stereocenters. The maximum atomic E-state index is 6.63. The predicted molar refractivity (Wildman–Crippen MR) is 216 cm³/mol. The van der Waals surface area contributed by atoms with Crippen LogP contribution in [0.5, 0.6) is 11.5 Å². The second-order valence-electron chi connectivity index (χ2n) is 13.6. The number of hydrogen-bond acceptors (Lipinski definition) is 4. The van der Waals surface area contributed by atoms with Crippen LogP contribution in [0.4, 0.5) is 17.1 Å². The smallest absolute Gasteiger partial charge is 0.159 e. The lowest BCUT2D eigenvalue weighted by molar-refractivity contribution is 0.476. The van der Waals surface area contributed by atoms with E-state index in [0.29, 0.717) is 0 Å². The van der Waals surface area contributed by atoms with Gasteiger partial charge in [0.25, 0.3) is 0 Å². The number of furan rings is 2. The monoisotopic (exact) mass is 680 g/mol. The van der Waals surface area contributed by atoms with E-state index in [-0.39, 0.29) is 0 Å². The fourth-order valence-electron chi connectivity index (χ4n) is 8.52. The Bertz CT molecular complexity index is 3160. The maximum absolute atomic E-state index is 6.63. The van der Waals surface area contributed by atoms with Crippen LogP contribution in [0.3, 0.4) is 0 Å². The summed E-state index contributed by atoms with van der Waals surface area (Å²) >= 11 is 0. The molecule has 0 saturated heterocycles. The van der Waals surface area contributed by atoms with Crippen molar-refractivity contribution < 1.29 is 13.6 Å². The van der Waals surface area contributed by atoms with E-state index >= 15 is 0 Å². The number of para-hydroxylation sites is 7. The summed E-state index contributed by atoms with van der Waals surface area (Å²) in [7, 11) is 0. The van der Waals surface area contributed by atoms with Crippen LogP contribution in [0.15, 0.2) is 179 Å². The molecule has 248 valence electrons. The van der Waals surface area contributed by atoms with Gasteiger partial charge in [0, 0.05) is 38.0 Å². The lowest BCUT2D eigenvalue weighted by Gasteiger charge is -2.25. The van der Waals surface area contributed by atoms with Gasteiger partial charge in [-0.05, 0) is 71.8 Å². The molecule has 0 aliphatic carbocycles. The van der Waals surface area contributed by atoms with Gasteiger partial charge in [0.05, 0.1) is 28.1 Å². The van der Waals surface area contributed by atoms with Crippen molar-refractivity contribution in [1.29, 1.82) is 0 Å². The van der Waals surface area contributed by atoms with E-state index in [0.717, 1.165) is 94.7 Å². The highest BCUT2D eigenvalue weighted by Gasteiger charge is 2.26.